The lowest BCUT2D eigenvalue weighted by Crippen LogP contribution is -2.39. The van der Waals surface area contributed by atoms with E-state index in [2.05, 4.69) is 46.4 Å². The second kappa shape index (κ2) is 12.3. The monoisotopic (exact) mass is 512 g/mol. The molecule has 0 aliphatic heterocycles. The zero-order valence-corrected chi connectivity index (χ0v) is 22.6. The molecule has 4 aromatic rings. The van der Waals surface area contributed by atoms with Gasteiger partial charge in [-0.05, 0) is 68.0 Å². The minimum absolute atomic E-state index is 0.250. The zero-order chi connectivity index (χ0) is 26.3. The average Bonchev–Trinajstić information content (AvgIpc) is 2.88. The quantitative estimate of drug-likeness (QED) is 0.223. The summed E-state index contributed by atoms with van der Waals surface area (Å²) in [5.41, 5.74) is 5.81. The first-order valence-corrected chi connectivity index (χ1v) is 14.3. The fourth-order valence-electron chi connectivity index (χ4n) is 5.09. The van der Waals surface area contributed by atoms with Crippen molar-refractivity contribution in [1.29, 1.82) is 0 Å². The summed E-state index contributed by atoms with van der Waals surface area (Å²) in [4.78, 5) is 0.356. The molecule has 192 valence electrons. The van der Waals surface area contributed by atoms with Gasteiger partial charge in [0.2, 0.25) is 10.0 Å². The van der Waals surface area contributed by atoms with E-state index in [0.717, 1.165) is 47.2 Å². The third kappa shape index (κ3) is 6.95. The standard InChI is InChI=1S/C32H36N2O2S/c1-24-22-25(2)32(26(3)23-24)37(35,36)34-31(29-19-11-6-12-20-29)30(28-17-9-5-10-18-28)33-21-13-16-27-14-7-4-8-15-27/h4-12,14-15,17-20,22-23,30-31,33-34H,13,16,21H2,1-3H3. The first-order valence-electron chi connectivity index (χ1n) is 12.8. The van der Waals surface area contributed by atoms with Crippen molar-refractivity contribution in [2.24, 2.45) is 0 Å². The smallest absolute Gasteiger partial charge is 0.241 e. The van der Waals surface area contributed by atoms with Gasteiger partial charge >= 0.3 is 0 Å². The highest BCUT2D eigenvalue weighted by atomic mass is 32.2. The Labute approximate surface area is 221 Å². The molecule has 0 fully saturated rings. The molecular weight excluding hydrogens is 476 g/mol. The Morgan fingerprint density at radius 1 is 0.676 bits per heavy atom. The molecule has 0 aromatic heterocycles. The van der Waals surface area contributed by atoms with E-state index in [4.69, 9.17) is 0 Å². The summed E-state index contributed by atoms with van der Waals surface area (Å²) in [6.07, 6.45) is 1.90. The second-order valence-corrected chi connectivity index (χ2v) is 11.3. The fraction of sp³-hybridized carbons (Fsp3) is 0.250. The molecule has 0 saturated carbocycles. The highest BCUT2D eigenvalue weighted by Crippen LogP contribution is 2.32. The van der Waals surface area contributed by atoms with E-state index in [1.165, 1.54) is 5.56 Å². The Balaban J connectivity index is 1.67. The normalized spacial score (nSPS) is 13.3. The summed E-state index contributed by atoms with van der Waals surface area (Å²) in [6.45, 7) is 6.47. The summed E-state index contributed by atoms with van der Waals surface area (Å²) in [7, 11) is -3.80. The Bertz CT molecular complexity index is 1370. The molecule has 0 heterocycles. The Hall–Kier alpha value is -3.25. The van der Waals surface area contributed by atoms with Crippen LogP contribution in [-0.4, -0.2) is 15.0 Å². The first kappa shape index (κ1) is 26.8. The van der Waals surface area contributed by atoms with Gasteiger partial charge in [0.05, 0.1) is 17.0 Å². The topological polar surface area (TPSA) is 58.2 Å². The van der Waals surface area contributed by atoms with Gasteiger partial charge in [0.1, 0.15) is 0 Å². The molecule has 5 heteroatoms. The van der Waals surface area contributed by atoms with E-state index in [9.17, 15) is 8.42 Å². The number of hydrogen-bond donors (Lipinski definition) is 2. The SMILES string of the molecule is Cc1cc(C)c(S(=O)(=O)NC(c2ccccc2)C(NCCCc2ccccc2)c2ccccc2)c(C)c1. The van der Waals surface area contributed by atoms with Gasteiger partial charge in [-0.3, -0.25) is 0 Å². The molecule has 0 saturated heterocycles. The molecule has 2 atom stereocenters. The lowest BCUT2D eigenvalue weighted by Gasteiger charge is -2.30. The van der Waals surface area contributed by atoms with Crippen LogP contribution in [0.3, 0.4) is 0 Å². The molecule has 0 aliphatic rings. The molecule has 0 spiro atoms. The largest absolute Gasteiger partial charge is 0.308 e. The fourth-order valence-corrected chi connectivity index (χ4v) is 6.78. The Morgan fingerprint density at radius 3 is 1.70 bits per heavy atom. The number of benzene rings is 4. The summed E-state index contributed by atoms with van der Waals surface area (Å²) in [5.74, 6) is 0. The molecule has 4 aromatic carbocycles. The van der Waals surface area contributed by atoms with E-state index >= 15 is 0 Å². The predicted octanol–water partition coefficient (Wildman–Crippen LogP) is 6.60. The highest BCUT2D eigenvalue weighted by Gasteiger charge is 2.31. The van der Waals surface area contributed by atoms with Crippen LogP contribution < -0.4 is 10.0 Å². The van der Waals surface area contributed by atoms with E-state index in [1.54, 1.807) is 0 Å². The van der Waals surface area contributed by atoms with Crippen molar-refractivity contribution in [2.75, 3.05) is 6.54 Å². The molecule has 4 rings (SSSR count). The van der Waals surface area contributed by atoms with Crippen molar-refractivity contribution in [1.82, 2.24) is 10.0 Å². The minimum Gasteiger partial charge on any atom is -0.308 e. The highest BCUT2D eigenvalue weighted by molar-refractivity contribution is 7.89. The molecule has 4 nitrogen and oxygen atoms in total. The maximum Gasteiger partial charge on any atom is 0.241 e. The van der Waals surface area contributed by atoms with Gasteiger partial charge in [0, 0.05) is 0 Å². The molecule has 2 N–H and O–H groups in total. The van der Waals surface area contributed by atoms with Crippen molar-refractivity contribution in [2.45, 2.75) is 50.6 Å². The van der Waals surface area contributed by atoms with E-state index in [0.29, 0.717) is 4.90 Å². The van der Waals surface area contributed by atoms with Gasteiger partial charge < -0.3 is 5.32 Å². The summed E-state index contributed by atoms with van der Waals surface area (Å²) in [5, 5.41) is 3.69. The van der Waals surface area contributed by atoms with Crippen LogP contribution in [0.25, 0.3) is 0 Å². The summed E-state index contributed by atoms with van der Waals surface area (Å²) < 4.78 is 30.9. The molecule has 0 aliphatic carbocycles. The van der Waals surface area contributed by atoms with Crippen LogP contribution in [0, 0.1) is 20.8 Å². The molecule has 0 radical (unpaired) electrons. The van der Waals surface area contributed by atoms with E-state index in [1.807, 2.05) is 87.5 Å². The first-order chi connectivity index (χ1) is 17.8. The van der Waals surface area contributed by atoms with Crippen LogP contribution >= 0.6 is 0 Å². The van der Waals surface area contributed by atoms with Gasteiger partial charge in [0.15, 0.2) is 0 Å². The molecule has 37 heavy (non-hydrogen) atoms. The van der Waals surface area contributed by atoms with Crippen molar-refractivity contribution < 1.29 is 8.42 Å². The number of sulfonamides is 1. The maximum atomic E-state index is 13.9. The zero-order valence-electron chi connectivity index (χ0n) is 21.8. The van der Waals surface area contributed by atoms with Gasteiger partial charge in [-0.2, -0.15) is 0 Å². The maximum absolute atomic E-state index is 13.9. The number of hydrogen-bond acceptors (Lipinski definition) is 3. The second-order valence-electron chi connectivity index (χ2n) is 9.67. The lowest BCUT2D eigenvalue weighted by atomic mass is 9.94. The van der Waals surface area contributed by atoms with Crippen LogP contribution in [0.4, 0.5) is 0 Å². The van der Waals surface area contributed by atoms with Gasteiger partial charge in [-0.15, -0.1) is 0 Å². The average molecular weight is 513 g/mol. The van der Waals surface area contributed by atoms with Crippen molar-refractivity contribution in [3.05, 3.63) is 137 Å². The Morgan fingerprint density at radius 2 is 1.16 bits per heavy atom. The van der Waals surface area contributed by atoms with Crippen molar-refractivity contribution in [3.63, 3.8) is 0 Å². The van der Waals surface area contributed by atoms with Crippen LogP contribution in [-0.2, 0) is 16.4 Å². The van der Waals surface area contributed by atoms with Gasteiger partial charge in [-0.25, -0.2) is 13.1 Å². The third-order valence-corrected chi connectivity index (χ3v) is 8.40. The van der Waals surface area contributed by atoms with Gasteiger partial charge in [-0.1, -0.05) is 109 Å². The predicted molar refractivity (Wildman–Crippen MR) is 152 cm³/mol. The third-order valence-electron chi connectivity index (χ3n) is 6.66. The molecule has 0 amide bonds. The van der Waals surface area contributed by atoms with Crippen LogP contribution in [0.15, 0.2) is 108 Å². The number of nitrogens with one attached hydrogen (secondary N) is 2. The lowest BCUT2D eigenvalue weighted by molar-refractivity contribution is 0.420. The van der Waals surface area contributed by atoms with Crippen molar-refractivity contribution >= 4 is 10.0 Å². The van der Waals surface area contributed by atoms with Crippen LogP contribution in [0.2, 0.25) is 0 Å². The van der Waals surface area contributed by atoms with Crippen molar-refractivity contribution in [3.8, 4) is 0 Å². The number of aryl methyl sites for hydroxylation is 4. The molecular formula is C32H36N2O2S. The summed E-state index contributed by atoms with van der Waals surface area (Å²) >= 11 is 0. The summed E-state index contributed by atoms with van der Waals surface area (Å²) in [6, 6.07) is 33.5. The molecule has 2 unspecified atom stereocenters. The Kier molecular flexibility index (Phi) is 8.93. The van der Waals surface area contributed by atoms with Gasteiger partial charge in [0.25, 0.3) is 0 Å². The van der Waals surface area contributed by atoms with Crippen LogP contribution in [0.5, 0.6) is 0 Å². The van der Waals surface area contributed by atoms with Crippen LogP contribution in [0.1, 0.15) is 51.9 Å². The number of rotatable bonds is 11. The minimum atomic E-state index is -3.80. The van der Waals surface area contributed by atoms with E-state index in [-0.39, 0.29) is 6.04 Å². The molecule has 0 bridgehead atoms. The van der Waals surface area contributed by atoms with E-state index < -0.39 is 16.1 Å².